The van der Waals surface area contributed by atoms with Crippen LogP contribution in [0, 0.1) is 0 Å². The molecule has 2 aromatic rings. The van der Waals surface area contributed by atoms with Crippen molar-refractivity contribution >= 4 is 10.9 Å². The van der Waals surface area contributed by atoms with Crippen LogP contribution in [-0.4, -0.2) is 17.2 Å². The number of fused-ring (bicyclic) bond motifs is 1. The molecular formula is C10H11NO2. The molecule has 0 aliphatic carbocycles. The molecule has 0 aliphatic heterocycles. The summed E-state index contributed by atoms with van der Waals surface area (Å²) in [5.41, 5.74) is 1.78. The highest BCUT2D eigenvalue weighted by molar-refractivity contribution is 5.83. The fourth-order valence-electron chi connectivity index (χ4n) is 1.43. The van der Waals surface area contributed by atoms with Crippen LogP contribution in [0.1, 0.15) is 11.9 Å². The third-order valence-electron chi connectivity index (χ3n) is 2.11. The second-order valence-electron chi connectivity index (χ2n) is 2.88. The van der Waals surface area contributed by atoms with E-state index < -0.39 is 6.29 Å². The average Bonchev–Trinajstić information content (AvgIpc) is 2.60. The number of hydrogen-bond donors (Lipinski definition) is 2. The first-order valence-electron chi connectivity index (χ1n) is 4.10. The summed E-state index contributed by atoms with van der Waals surface area (Å²) in [4.78, 5) is 3.06. The molecule has 13 heavy (non-hydrogen) atoms. The third kappa shape index (κ3) is 1.32. The molecule has 2 N–H and O–H groups in total. The lowest BCUT2D eigenvalue weighted by molar-refractivity contribution is -0.0758. The number of nitrogens with one attached hydrogen (secondary N) is 1. The zero-order chi connectivity index (χ0) is 9.26. The van der Waals surface area contributed by atoms with E-state index in [1.165, 1.54) is 7.11 Å². The second-order valence-corrected chi connectivity index (χ2v) is 2.88. The maximum Gasteiger partial charge on any atom is 0.182 e. The highest BCUT2D eigenvalue weighted by Gasteiger charge is 2.10. The highest BCUT2D eigenvalue weighted by atomic mass is 16.6. The van der Waals surface area contributed by atoms with Crippen molar-refractivity contribution in [1.82, 2.24) is 4.98 Å². The number of hydrogen-bond acceptors (Lipinski definition) is 2. The number of aliphatic hydroxyl groups is 1. The zero-order valence-electron chi connectivity index (χ0n) is 7.32. The van der Waals surface area contributed by atoms with Crippen LogP contribution in [0.25, 0.3) is 10.9 Å². The molecule has 0 saturated heterocycles. The number of H-pyrrole nitrogens is 1. The van der Waals surface area contributed by atoms with Crippen LogP contribution in [0.2, 0.25) is 0 Å². The van der Waals surface area contributed by atoms with Gasteiger partial charge in [0.2, 0.25) is 0 Å². The van der Waals surface area contributed by atoms with Gasteiger partial charge in [0.15, 0.2) is 6.29 Å². The minimum atomic E-state index is -0.851. The number of benzene rings is 1. The lowest BCUT2D eigenvalue weighted by Gasteiger charge is -2.05. The molecule has 0 radical (unpaired) electrons. The maximum atomic E-state index is 9.47. The van der Waals surface area contributed by atoms with Crippen LogP contribution in [0.4, 0.5) is 0 Å². The van der Waals surface area contributed by atoms with Crippen LogP contribution in [0.3, 0.4) is 0 Å². The Bertz CT molecular complexity index is 408. The van der Waals surface area contributed by atoms with Crippen molar-refractivity contribution in [2.75, 3.05) is 7.11 Å². The Balaban J connectivity index is 2.57. The molecule has 1 aromatic carbocycles. The number of rotatable bonds is 2. The Labute approximate surface area is 76.0 Å². The largest absolute Gasteiger partial charge is 0.364 e. The van der Waals surface area contributed by atoms with Gasteiger partial charge >= 0.3 is 0 Å². The second kappa shape index (κ2) is 3.20. The van der Waals surface area contributed by atoms with Gasteiger partial charge in [-0.1, -0.05) is 18.2 Å². The molecule has 1 atom stereocenters. The van der Waals surface area contributed by atoms with Crippen LogP contribution in [-0.2, 0) is 4.74 Å². The molecule has 1 heterocycles. The fourth-order valence-corrected chi connectivity index (χ4v) is 1.43. The Morgan fingerprint density at radius 3 is 2.92 bits per heavy atom. The summed E-state index contributed by atoms with van der Waals surface area (Å²) < 4.78 is 4.84. The summed E-state index contributed by atoms with van der Waals surface area (Å²) in [5, 5.41) is 10.5. The van der Waals surface area contributed by atoms with Crippen LogP contribution in [0.15, 0.2) is 30.5 Å². The summed E-state index contributed by atoms with van der Waals surface area (Å²) in [7, 11) is 1.48. The zero-order valence-corrected chi connectivity index (χ0v) is 7.32. The van der Waals surface area contributed by atoms with Gasteiger partial charge in [-0.15, -0.1) is 0 Å². The molecule has 2 rings (SSSR count). The van der Waals surface area contributed by atoms with E-state index in [9.17, 15) is 5.11 Å². The van der Waals surface area contributed by atoms with Gasteiger partial charge in [0.05, 0.1) is 0 Å². The van der Waals surface area contributed by atoms with Gasteiger partial charge in [-0.2, -0.15) is 0 Å². The summed E-state index contributed by atoms with van der Waals surface area (Å²) in [6.07, 6.45) is 0.912. The Morgan fingerprint density at radius 1 is 1.38 bits per heavy atom. The molecule has 68 valence electrons. The maximum absolute atomic E-state index is 9.47. The van der Waals surface area contributed by atoms with Crippen LogP contribution < -0.4 is 0 Å². The minimum Gasteiger partial charge on any atom is -0.364 e. The molecule has 0 aliphatic rings. The van der Waals surface area contributed by atoms with E-state index in [4.69, 9.17) is 4.74 Å². The van der Waals surface area contributed by atoms with E-state index in [0.29, 0.717) is 0 Å². The lowest BCUT2D eigenvalue weighted by Crippen LogP contribution is -1.97. The van der Waals surface area contributed by atoms with E-state index >= 15 is 0 Å². The van der Waals surface area contributed by atoms with Crippen molar-refractivity contribution in [3.8, 4) is 0 Å². The molecule has 3 nitrogen and oxygen atoms in total. The first-order chi connectivity index (χ1) is 6.33. The van der Waals surface area contributed by atoms with Crippen molar-refractivity contribution in [1.29, 1.82) is 0 Å². The molecule has 0 bridgehead atoms. The molecule has 0 amide bonds. The predicted octanol–water partition coefficient (Wildman–Crippen LogP) is 1.81. The van der Waals surface area contributed by atoms with Crippen molar-refractivity contribution in [2.24, 2.45) is 0 Å². The van der Waals surface area contributed by atoms with Crippen molar-refractivity contribution < 1.29 is 9.84 Å². The monoisotopic (exact) mass is 177 g/mol. The standard InChI is InChI=1S/C10H11NO2/c1-13-10(12)8-6-11-9-5-3-2-4-7(8)9/h2-6,10-12H,1H3. The Hall–Kier alpha value is -1.32. The quantitative estimate of drug-likeness (QED) is 0.687. The predicted molar refractivity (Wildman–Crippen MR) is 50.3 cm³/mol. The molecule has 3 heteroatoms. The summed E-state index contributed by atoms with van der Waals surface area (Å²) in [6.45, 7) is 0. The average molecular weight is 177 g/mol. The number of aromatic nitrogens is 1. The van der Waals surface area contributed by atoms with E-state index in [1.54, 1.807) is 6.20 Å². The summed E-state index contributed by atoms with van der Waals surface area (Å²) >= 11 is 0. The van der Waals surface area contributed by atoms with Crippen molar-refractivity contribution in [3.63, 3.8) is 0 Å². The summed E-state index contributed by atoms with van der Waals surface area (Å²) in [5.74, 6) is 0. The SMILES string of the molecule is COC(O)c1c[nH]c2ccccc12. The van der Waals surface area contributed by atoms with Gasteiger partial charge in [-0.25, -0.2) is 0 Å². The highest BCUT2D eigenvalue weighted by Crippen LogP contribution is 2.23. The Morgan fingerprint density at radius 2 is 2.15 bits per heavy atom. The van der Waals surface area contributed by atoms with Gasteiger partial charge in [-0.3, -0.25) is 0 Å². The van der Waals surface area contributed by atoms with E-state index in [0.717, 1.165) is 16.5 Å². The minimum absolute atomic E-state index is 0.776. The first kappa shape index (κ1) is 8.29. The normalized spacial score (nSPS) is 13.4. The van der Waals surface area contributed by atoms with Gasteiger partial charge in [0, 0.05) is 29.8 Å². The summed E-state index contributed by atoms with van der Waals surface area (Å²) in [6, 6.07) is 7.79. The topological polar surface area (TPSA) is 45.2 Å². The number of para-hydroxylation sites is 1. The van der Waals surface area contributed by atoms with E-state index in [-0.39, 0.29) is 0 Å². The Kier molecular flexibility index (Phi) is 2.04. The third-order valence-corrected chi connectivity index (χ3v) is 2.11. The van der Waals surface area contributed by atoms with E-state index in [2.05, 4.69) is 4.98 Å². The fraction of sp³-hybridized carbons (Fsp3) is 0.200. The lowest BCUT2D eigenvalue weighted by atomic mass is 10.2. The van der Waals surface area contributed by atoms with E-state index in [1.807, 2.05) is 24.3 Å². The molecule has 0 fully saturated rings. The van der Waals surface area contributed by atoms with Gasteiger partial charge in [-0.05, 0) is 6.07 Å². The van der Waals surface area contributed by atoms with Crippen LogP contribution in [0.5, 0.6) is 0 Å². The molecule has 0 spiro atoms. The van der Waals surface area contributed by atoms with Crippen molar-refractivity contribution in [3.05, 3.63) is 36.0 Å². The number of aliphatic hydroxyl groups excluding tert-OH is 1. The molecule has 1 aromatic heterocycles. The molecule has 1 unspecified atom stereocenters. The molecule has 0 saturated carbocycles. The smallest absolute Gasteiger partial charge is 0.182 e. The van der Waals surface area contributed by atoms with Crippen molar-refractivity contribution in [2.45, 2.75) is 6.29 Å². The number of methoxy groups -OCH3 is 1. The van der Waals surface area contributed by atoms with Gasteiger partial charge in [0.25, 0.3) is 0 Å². The van der Waals surface area contributed by atoms with Gasteiger partial charge in [0.1, 0.15) is 0 Å². The number of ether oxygens (including phenoxy) is 1. The first-order valence-corrected chi connectivity index (χ1v) is 4.10. The van der Waals surface area contributed by atoms with Crippen LogP contribution >= 0.6 is 0 Å². The molecular weight excluding hydrogens is 166 g/mol. The van der Waals surface area contributed by atoms with Gasteiger partial charge < -0.3 is 14.8 Å². The number of aromatic amines is 1.